The van der Waals surface area contributed by atoms with Crippen molar-refractivity contribution < 1.29 is 97.5 Å². The summed E-state index contributed by atoms with van der Waals surface area (Å²) in [5.41, 5.74) is 9.81. The van der Waals surface area contributed by atoms with Gasteiger partial charge in [0, 0.05) is 37.1 Å². The number of nitrogens with one attached hydrogen (secondary N) is 2. The van der Waals surface area contributed by atoms with Crippen molar-refractivity contribution in [2.24, 2.45) is 44.0 Å². The number of nitrogens with two attached hydrogens (primary N) is 3. The first-order valence-corrected chi connectivity index (χ1v) is 33.9. The van der Waals surface area contributed by atoms with Crippen LogP contribution in [0, 0.1) is 11.8 Å². The van der Waals surface area contributed by atoms with Gasteiger partial charge in [0.1, 0.15) is 127 Å². The highest BCUT2D eigenvalue weighted by molar-refractivity contribution is 6.23. The van der Waals surface area contributed by atoms with Gasteiger partial charge in [-0.1, -0.05) is 32.9 Å². The van der Waals surface area contributed by atoms with E-state index in [9.17, 15) is 73.8 Å². The summed E-state index contributed by atoms with van der Waals surface area (Å²) in [5, 5.41) is 98.9. The van der Waals surface area contributed by atoms with Gasteiger partial charge in [0.25, 0.3) is 11.8 Å². The van der Waals surface area contributed by atoms with E-state index in [4.69, 9.17) is 122 Å². The van der Waals surface area contributed by atoms with Gasteiger partial charge in [0.05, 0.1) is 44.8 Å². The molecule has 0 aromatic rings. The Morgan fingerprint density at radius 2 is 0.910 bits per heavy atom. The summed E-state index contributed by atoms with van der Waals surface area (Å²) < 4.78 is 69.1. The summed E-state index contributed by atoms with van der Waals surface area (Å²) in [5.74, 6) is -1.68. The molecule has 21 atom stereocenters. The molecule has 0 aromatic heterocycles. The van der Waals surface area contributed by atoms with Crippen LogP contribution in [-0.4, -0.2) is 272 Å². The number of ether oxygens (including phenoxy) is 5. The average molecular weight is 1560 g/mol. The van der Waals surface area contributed by atoms with E-state index < -0.39 is 160 Å². The van der Waals surface area contributed by atoms with Crippen molar-refractivity contribution in [2.75, 3.05) is 44.8 Å². The van der Waals surface area contributed by atoms with Crippen molar-refractivity contribution in [3.8, 4) is 0 Å². The van der Waals surface area contributed by atoms with Crippen LogP contribution in [0.5, 0.6) is 0 Å². The Balaban J connectivity index is 0.000000159. The molecule has 0 radical (unpaired) electrons. The fraction of sp³-hybridized carbons (Fsp3) is 0.583. The molecule has 0 aromatic carbocycles. The number of rotatable bonds is 15. The van der Waals surface area contributed by atoms with Crippen LogP contribution in [0.1, 0.15) is 32.6 Å². The van der Waals surface area contributed by atoms with Crippen molar-refractivity contribution in [1.82, 2.24) is 35.1 Å². The Kier molecular flexibility index (Phi) is 25.9. The first kappa shape index (κ1) is 80.7. The van der Waals surface area contributed by atoms with Crippen LogP contribution in [0.25, 0.3) is 0 Å². The molecular weight excluding hydrogens is 1480 g/mol. The first-order valence-electron chi connectivity index (χ1n) is 30.6. The Morgan fingerprint density at radius 3 is 1.29 bits per heavy atom. The first-order chi connectivity index (χ1) is 47.0. The van der Waals surface area contributed by atoms with Gasteiger partial charge in [-0.25, -0.2) is 23.8 Å². The molecule has 5 saturated heterocycles. The van der Waals surface area contributed by atoms with Gasteiger partial charge in [-0.2, -0.15) is 4.39 Å². The molecule has 12 aliphatic rings. The van der Waals surface area contributed by atoms with Crippen LogP contribution >= 0.6 is 81.2 Å². The minimum absolute atomic E-state index is 0.0440. The standard InChI is InChI=1S/C13H18ClN3O3.C13H17ClN2O4.C12H17ClFN3O3.C11H14Cl2FN3O3.C11H13Cl2FN2O4/c1-7-16-9(15)4-5-17(7)12-10(14)11(19)13(6-18,20-12)8-2-3-8;1-7-15-9(18)4-5-16(7)12-10(14)11(19)13(6-17,20-12)8-2-3-8;1-6(14)12(5-18)10(19)9(13)11(20-12)17-4-3-8(15)16-7(17)2;1-5-16-9(15)6(14)2-17(5)10-7(13)8(19)11(3-12,4-18)20-10;1-5-15-9(19)6(14)2-16(5)10-7(13)8(18)11(3-12,4-17)20-10/h4-5,8,10-12,18-19H,1-3,6H2,(H2,15,16);4-5,8,10-12,17,19H,1-3,6H2,(H,15,18);3-4,6,9-11,18-19H,2,5H2,1H3,(H2,15,16);2,7-8,10,18-19H,1,3-4H2,(H2,15,16);2,7-8,10,17-18H,1,3-4H2,(H,15,19)/t2*10-,11+,12-,13+;6?,9-,10+,11-,12+;2*7-,8+,10-,11-/m11111/s1. The summed E-state index contributed by atoms with van der Waals surface area (Å²) in [6.07, 6.45) is 3.16. The second-order valence-corrected chi connectivity index (χ2v) is 27.9. The summed E-state index contributed by atoms with van der Waals surface area (Å²) in [6.45, 7) is 17.3. The van der Waals surface area contributed by atoms with Crippen LogP contribution < -0.4 is 27.8 Å². The number of amides is 2. The number of aliphatic hydroxyl groups excluding tert-OH is 10. The molecule has 2 amide bonds. The lowest BCUT2D eigenvalue weighted by molar-refractivity contribution is -0.164. The number of carbonyl (C=O) groups is 2. The molecule has 0 spiro atoms. The summed E-state index contributed by atoms with van der Waals surface area (Å²) in [6, 6.07) is 0. The predicted octanol–water partition coefficient (Wildman–Crippen LogP) is 0.267. The van der Waals surface area contributed by atoms with Gasteiger partial charge in [0.15, 0.2) is 48.4 Å². The zero-order valence-electron chi connectivity index (χ0n) is 53.2. The maximum Gasteiger partial charge on any atom is 0.287 e. The van der Waals surface area contributed by atoms with Gasteiger partial charge < -0.3 is 127 Å². The molecule has 40 heteroatoms. The highest BCUT2D eigenvalue weighted by Crippen LogP contribution is 2.53. The minimum atomic E-state index is -1.77. The highest BCUT2D eigenvalue weighted by Gasteiger charge is 2.65. The van der Waals surface area contributed by atoms with Crippen LogP contribution in [0.2, 0.25) is 0 Å². The number of hydrogen-bond acceptors (Lipinski definition) is 28. The fourth-order valence-corrected chi connectivity index (χ4v) is 14.8. The molecule has 556 valence electrons. The van der Waals surface area contributed by atoms with Crippen LogP contribution in [0.15, 0.2) is 138 Å². The lowest BCUT2D eigenvalue weighted by Gasteiger charge is -2.34. The molecule has 10 aliphatic heterocycles. The number of halogens is 10. The lowest BCUT2D eigenvalue weighted by atomic mass is 9.92. The zero-order chi connectivity index (χ0) is 74.2. The van der Waals surface area contributed by atoms with Crippen LogP contribution in [0.4, 0.5) is 13.2 Å². The van der Waals surface area contributed by atoms with Gasteiger partial charge in [-0.05, 0) is 56.6 Å². The molecule has 2 aliphatic carbocycles. The van der Waals surface area contributed by atoms with Crippen molar-refractivity contribution in [1.29, 1.82) is 0 Å². The fourth-order valence-electron chi connectivity index (χ4n) is 12.2. The molecule has 18 N–H and O–H groups in total. The number of carbonyl (C=O) groups excluding carboxylic acids is 2. The Morgan fingerprint density at radius 1 is 0.530 bits per heavy atom. The Hall–Kier alpha value is -5.03. The average Bonchev–Trinajstić information content (AvgIpc) is 1.60. The monoisotopic (exact) mass is 1560 g/mol. The molecule has 2 saturated carbocycles. The topological polar surface area (TPSA) is 438 Å². The molecule has 7 fully saturated rings. The van der Waals surface area contributed by atoms with Gasteiger partial charge in [-0.15, -0.1) is 81.2 Å². The number of aliphatic imine (C=N–C) groups is 3. The Labute approximate surface area is 606 Å². The van der Waals surface area contributed by atoms with E-state index in [1.165, 1.54) is 41.3 Å². The normalized spacial score (nSPS) is 39.5. The quantitative estimate of drug-likeness (QED) is 0.0978. The third-order valence-electron chi connectivity index (χ3n) is 18.5. The van der Waals surface area contributed by atoms with E-state index in [-0.39, 0.29) is 71.9 Å². The van der Waals surface area contributed by atoms with Crippen LogP contribution in [0.3, 0.4) is 0 Å². The molecule has 10 heterocycles. The number of nitrogens with zero attached hydrogens (tertiary/aromatic N) is 8. The molecule has 12 rings (SSSR count). The Bertz CT molecular complexity index is 3300. The zero-order valence-corrected chi connectivity index (χ0v) is 58.5. The second-order valence-electron chi connectivity index (χ2n) is 24.8. The number of hydrogen-bond donors (Lipinski definition) is 15. The van der Waals surface area contributed by atoms with E-state index in [0.29, 0.717) is 17.5 Å². The molecule has 1 unspecified atom stereocenters. The van der Waals surface area contributed by atoms with Crippen molar-refractivity contribution in [2.45, 2.75) is 155 Å². The maximum absolute atomic E-state index is 13.8. The lowest BCUT2D eigenvalue weighted by Crippen LogP contribution is -2.51. The summed E-state index contributed by atoms with van der Waals surface area (Å²) in [4.78, 5) is 41.1. The third-order valence-corrected chi connectivity index (χ3v) is 21.6. The summed E-state index contributed by atoms with van der Waals surface area (Å²) >= 11 is 42.3. The molecule has 30 nitrogen and oxygen atoms in total. The van der Waals surface area contributed by atoms with E-state index >= 15 is 0 Å². The van der Waals surface area contributed by atoms with E-state index in [0.717, 1.165) is 43.0 Å². The smallest absolute Gasteiger partial charge is 0.287 e. The van der Waals surface area contributed by atoms with Gasteiger partial charge >= 0.3 is 0 Å². The van der Waals surface area contributed by atoms with E-state index in [2.05, 4.69) is 58.5 Å². The maximum atomic E-state index is 13.8. The van der Waals surface area contributed by atoms with Crippen molar-refractivity contribution >= 4 is 111 Å². The second kappa shape index (κ2) is 32.1. The molecule has 0 bridgehead atoms. The molecule has 100 heavy (non-hydrogen) atoms. The van der Waals surface area contributed by atoms with Gasteiger partial charge in [0.2, 0.25) is 5.83 Å². The number of aliphatic hydroxyl groups is 10. The van der Waals surface area contributed by atoms with E-state index in [1.54, 1.807) is 22.1 Å². The SMILES string of the molecule is C=C1N=C(N)C(F)=CN1[C@@H]1O[C@@](CO)(CCl)[C@@H](O)[C@H]1Cl.C=C1N=C(N)C=CN1[C@@H]1O[C@@](CO)(C(C)F)[C@@H](O)[C@H]1Cl.C=C1N=C(N)C=CN1[C@@H]1O[C@@](CO)(C2CC2)[C@@H](O)[C@H]1Cl.C=C1NC(=O)C(F)=CN1[C@@H]1O[C@@](CO)(CCl)[C@@H](O)[C@H]1Cl.C=C1NC(=O)C=CN1[C@@H]1O[C@@](CO)(C2CC2)[C@@H](O)[C@H]1Cl. The number of alkyl halides is 8. The largest absolute Gasteiger partial charge is 0.393 e. The molecular formula is C60H79Cl7F3N13O17. The van der Waals surface area contributed by atoms with Crippen molar-refractivity contribution in [3.63, 3.8) is 0 Å². The predicted molar refractivity (Wildman–Crippen MR) is 361 cm³/mol. The van der Waals surface area contributed by atoms with E-state index in [1.807, 2.05) is 0 Å². The minimum Gasteiger partial charge on any atom is -0.393 e. The highest BCUT2D eigenvalue weighted by atomic mass is 35.5. The van der Waals surface area contributed by atoms with Crippen LogP contribution in [-0.2, 0) is 33.3 Å². The third kappa shape index (κ3) is 15.4. The summed E-state index contributed by atoms with van der Waals surface area (Å²) in [7, 11) is 0. The number of amidine groups is 3. The van der Waals surface area contributed by atoms with Gasteiger partial charge in [-0.3, -0.25) is 9.59 Å². The van der Waals surface area contributed by atoms with Crippen molar-refractivity contribution in [3.05, 3.63) is 123 Å².